The van der Waals surface area contributed by atoms with Crippen molar-refractivity contribution in [2.45, 2.75) is 39.0 Å². The molecular formula is C17H23NO5. The Kier molecular flexibility index (Phi) is 7.12. The Balaban J connectivity index is 2.79. The topological polar surface area (TPSA) is 88.8 Å². The summed E-state index contributed by atoms with van der Waals surface area (Å²) in [5.74, 6) is 0.519. The molecule has 0 aliphatic heterocycles. The lowest BCUT2D eigenvalue weighted by Gasteiger charge is -2.09. The van der Waals surface area contributed by atoms with Crippen LogP contribution in [0.4, 0.5) is 4.79 Å². The number of allylic oxidation sites excluding steroid dienone is 1. The molecule has 1 aromatic heterocycles. The highest BCUT2D eigenvalue weighted by molar-refractivity contribution is 5.68. The zero-order chi connectivity index (χ0) is 17.4. The second-order valence-electron chi connectivity index (χ2n) is 5.13. The second kappa shape index (κ2) is 8.82. The quantitative estimate of drug-likeness (QED) is 0.835. The summed E-state index contributed by atoms with van der Waals surface area (Å²) in [6.07, 6.45) is 4.55. The molecule has 1 atom stereocenters. The molecule has 0 spiro atoms. The van der Waals surface area contributed by atoms with Gasteiger partial charge in [-0.1, -0.05) is 26.5 Å². The van der Waals surface area contributed by atoms with Crippen LogP contribution in [0, 0.1) is 0 Å². The Morgan fingerprint density at radius 3 is 2.83 bits per heavy atom. The van der Waals surface area contributed by atoms with Crippen LogP contribution >= 0.6 is 0 Å². The number of methoxy groups -OCH3 is 1. The van der Waals surface area contributed by atoms with Crippen molar-refractivity contribution in [1.82, 2.24) is 5.32 Å². The number of carbonyl (C=O) groups is 1. The number of carbonyl (C=O) groups excluding carboxylic acids is 1. The zero-order valence-electron chi connectivity index (χ0n) is 13.7. The first-order valence-electron chi connectivity index (χ1n) is 7.45. The maximum absolute atomic E-state index is 12.1. The summed E-state index contributed by atoms with van der Waals surface area (Å²) in [5, 5.41) is 12.3. The molecule has 6 heteroatoms. The third-order valence-corrected chi connectivity index (χ3v) is 3.42. The first-order valence-corrected chi connectivity index (χ1v) is 7.45. The van der Waals surface area contributed by atoms with Gasteiger partial charge in [0.25, 0.3) is 0 Å². The van der Waals surface area contributed by atoms with Crippen LogP contribution in [0.15, 0.2) is 27.6 Å². The van der Waals surface area contributed by atoms with Crippen LogP contribution in [0.2, 0.25) is 0 Å². The Hall–Kier alpha value is -2.50. The smallest absolute Gasteiger partial charge is 0.410 e. The second-order valence-corrected chi connectivity index (χ2v) is 5.13. The van der Waals surface area contributed by atoms with E-state index in [1.165, 1.54) is 19.4 Å². The highest BCUT2D eigenvalue weighted by Gasteiger charge is 2.10. The number of amides is 1. The summed E-state index contributed by atoms with van der Waals surface area (Å²) in [7, 11) is 1.29. The van der Waals surface area contributed by atoms with Gasteiger partial charge in [0.1, 0.15) is 22.2 Å². The van der Waals surface area contributed by atoms with Crippen molar-refractivity contribution in [3.63, 3.8) is 0 Å². The van der Waals surface area contributed by atoms with Crippen molar-refractivity contribution in [3.8, 4) is 0 Å². The fraction of sp³-hybridized carbons (Fsp3) is 0.412. The van der Waals surface area contributed by atoms with E-state index in [1.54, 1.807) is 13.0 Å². The molecule has 6 nitrogen and oxygen atoms in total. The van der Waals surface area contributed by atoms with Crippen LogP contribution in [-0.2, 0) is 4.74 Å². The number of aliphatic hydroxyl groups is 1. The Bertz CT molecular complexity index is 698. The fourth-order valence-electron chi connectivity index (χ4n) is 2.04. The van der Waals surface area contributed by atoms with E-state index >= 15 is 0 Å². The molecule has 0 fully saturated rings. The van der Waals surface area contributed by atoms with E-state index in [9.17, 15) is 14.7 Å². The SMILES string of the molecule is C=c1oc(C(C)CC/C=C/NC(=O)OC)cc(=O)c1=C(O)CC. The standard InChI is InChI=1S/C17H23NO5/c1-5-13(19)16-12(3)23-15(10-14(16)20)11(2)8-6-7-9-18-17(21)22-4/h7,9-11,19H,3,5-6,8H2,1-2,4H3,(H,18,21)/b9-7+,16-13?. The highest BCUT2D eigenvalue weighted by Crippen LogP contribution is 2.17. The summed E-state index contributed by atoms with van der Waals surface area (Å²) in [6.45, 7) is 7.39. The molecule has 1 amide bonds. The van der Waals surface area contributed by atoms with Gasteiger partial charge in [-0.05, 0) is 12.8 Å². The molecule has 0 radical (unpaired) electrons. The van der Waals surface area contributed by atoms with Crippen LogP contribution < -0.4 is 21.4 Å². The Morgan fingerprint density at radius 2 is 2.26 bits per heavy atom. The largest absolute Gasteiger partial charge is 0.511 e. The predicted molar refractivity (Wildman–Crippen MR) is 88.4 cm³/mol. The molecule has 23 heavy (non-hydrogen) atoms. The van der Waals surface area contributed by atoms with Gasteiger partial charge in [0.05, 0.1) is 7.11 Å². The molecule has 0 aromatic carbocycles. The third-order valence-electron chi connectivity index (χ3n) is 3.42. The normalized spacial score (nSPS) is 13.7. The van der Waals surface area contributed by atoms with E-state index < -0.39 is 6.09 Å². The first kappa shape index (κ1) is 18.5. The van der Waals surface area contributed by atoms with E-state index in [1.807, 2.05) is 6.92 Å². The molecule has 0 bridgehead atoms. The molecule has 126 valence electrons. The molecule has 0 aliphatic carbocycles. The molecule has 2 N–H and O–H groups in total. The lowest BCUT2D eigenvalue weighted by molar-refractivity contribution is 0.175. The number of alkyl carbamates (subject to hydrolysis) is 1. The molecule has 1 rings (SSSR count). The fourth-order valence-corrected chi connectivity index (χ4v) is 2.04. The zero-order valence-corrected chi connectivity index (χ0v) is 13.7. The molecule has 1 aromatic rings. The minimum Gasteiger partial charge on any atom is -0.511 e. The van der Waals surface area contributed by atoms with E-state index in [0.717, 1.165) is 6.42 Å². The van der Waals surface area contributed by atoms with Crippen LogP contribution in [0.3, 0.4) is 0 Å². The van der Waals surface area contributed by atoms with Crippen molar-refractivity contribution < 1.29 is 19.1 Å². The van der Waals surface area contributed by atoms with Gasteiger partial charge in [0.2, 0.25) is 0 Å². The van der Waals surface area contributed by atoms with Crippen LogP contribution in [0.25, 0.3) is 12.3 Å². The highest BCUT2D eigenvalue weighted by atomic mass is 16.5. The molecule has 0 aliphatic rings. The van der Waals surface area contributed by atoms with Gasteiger partial charge < -0.3 is 14.3 Å². The number of ether oxygens (including phenoxy) is 1. The molecule has 0 saturated heterocycles. The van der Waals surface area contributed by atoms with Crippen molar-refractivity contribution in [1.29, 1.82) is 0 Å². The van der Waals surface area contributed by atoms with Gasteiger partial charge in [-0.2, -0.15) is 0 Å². The van der Waals surface area contributed by atoms with Gasteiger partial charge in [0.15, 0.2) is 5.43 Å². The van der Waals surface area contributed by atoms with Crippen molar-refractivity contribution >= 4 is 18.4 Å². The third kappa shape index (κ3) is 5.32. The van der Waals surface area contributed by atoms with E-state index in [0.29, 0.717) is 18.6 Å². The van der Waals surface area contributed by atoms with Gasteiger partial charge in [-0.15, -0.1) is 0 Å². The molecular weight excluding hydrogens is 298 g/mol. The summed E-state index contributed by atoms with van der Waals surface area (Å²) in [4.78, 5) is 22.9. The monoisotopic (exact) mass is 321 g/mol. The van der Waals surface area contributed by atoms with E-state index in [-0.39, 0.29) is 27.7 Å². The number of nitrogens with one attached hydrogen (secondary N) is 1. The summed E-state index contributed by atoms with van der Waals surface area (Å²) >= 11 is 0. The predicted octanol–water partition coefficient (Wildman–Crippen LogP) is 1.88. The number of aliphatic hydroxyl groups excluding tert-OH is 1. The van der Waals surface area contributed by atoms with Crippen molar-refractivity contribution in [3.05, 3.63) is 45.0 Å². The average Bonchev–Trinajstić information content (AvgIpc) is 2.52. The van der Waals surface area contributed by atoms with Crippen LogP contribution in [0.1, 0.15) is 44.8 Å². The summed E-state index contributed by atoms with van der Waals surface area (Å²) in [6, 6.07) is 1.40. The minimum atomic E-state index is -0.524. The summed E-state index contributed by atoms with van der Waals surface area (Å²) in [5.41, 5.74) is -0.105. The van der Waals surface area contributed by atoms with Crippen LogP contribution in [-0.4, -0.2) is 18.3 Å². The van der Waals surface area contributed by atoms with Gasteiger partial charge in [0, 0.05) is 24.6 Å². The summed E-state index contributed by atoms with van der Waals surface area (Å²) < 4.78 is 10.0. The Labute approximate surface area is 134 Å². The lowest BCUT2D eigenvalue weighted by atomic mass is 10.0. The maximum Gasteiger partial charge on any atom is 0.410 e. The van der Waals surface area contributed by atoms with Gasteiger partial charge >= 0.3 is 6.09 Å². The molecule has 1 heterocycles. The first-order chi connectivity index (χ1) is 10.9. The van der Waals surface area contributed by atoms with Gasteiger partial charge in [-0.25, -0.2) is 4.79 Å². The average molecular weight is 321 g/mol. The molecule has 1 unspecified atom stereocenters. The Morgan fingerprint density at radius 1 is 1.57 bits per heavy atom. The van der Waals surface area contributed by atoms with E-state index in [4.69, 9.17) is 4.42 Å². The lowest BCUT2D eigenvalue weighted by Crippen LogP contribution is -2.40. The van der Waals surface area contributed by atoms with Crippen molar-refractivity contribution in [2.75, 3.05) is 7.11 Å². The minimum absolute atomic E-state index is 0.00351. The maximum atomic E-state index is 12.1. The van der Waals surface area contributed by atoms with Gasteiger partial charge in [-0.3, -0.25) is 10.1 Å². The number of rotatable bonds is 6. The van der Waals surface area contributed by atoms with Crippen LogP contribution in [0.5, 0.6) is 0 Å². The van der Waals surface area contributed by atoms with Crippen molar-refractivity contribution in [2.24, 2.45) is 0 Å². The molecule has 0 saturated carbocycles. The number of hydrogen-bond acceptors (Lipinski definition) is 5. The van der Waals surface area contributed by atoms with E-state index in [2.05, 4.69) is 16.6 Å². The number of hydrogen-bond donors (Lipinski definition) is 2.